The van der Waals surface area contributed by atoms with Crippen molar-refractivity contribution >= 4 is 11.6 Å². The highest BCUT2D eigenvalue weighted by atomic mass is 17.5. The first-order valence-corrected chi connectivity index (χ1v) is 6.43. The molecule has 5 heteroatoms. The number of ketones is 2. The maximum atomic E-state index is 12.6. The SMILES string of the molecule is O=C1c2ccccc2C(=O)C2C1CCC1OOOC12. The van der Waals surface area contributed by atoms with Crippen molar-refractivity contribution in [2.75, 3.05) is 0 Å². The summed E-state index contributed by atoms with van der Waals surface area (Å²) in [5, 5.41) is 4.55. The van der Waals surface area contributed by atoms with Crippen LogP contribution in [0.2, 0.25) is 0 Å². The number of rotatable bonds is 0. The Morgan fingerprint density at radius 1 is 0.947 bits per heavy atom. The van der Waals surface area contributed by atoms with Gasteiger partial charge in [-0.05, 0) is 12.8 Å². The van der Waals surface area contributed by atoms with E-state index in [0.29, 0.717) is 24.0 Å². The lowest BCUT2D eigenvalue weighted by atomic mass is 9.65. The number of hydrogen-bond acceptors (Lipinski definition) is 5. The van der Waals surface area contributed by atoms with Crippen molar-refractivity contribution in [1.82, 2.24) is 0 Å². The van der Waals surface area contributed by atoms with E-state index < -0.39 is 12.0 Å². The molecule has 0 aromatic heterocycles. The monoisotopic (exact) mass is 260 g/mol. The molecule has 19 heavy (non-hydrogen) atoms. The fraction of sp³-hybridized carbons (Fsp3) is 0.429. The van der Waals surface area contributed by atoms with Gasteiger partial charge in [-0.15, -0.1) is 0 Å². The highest BCUT2D eigenvalue weighted by Gasteiger charge is 2.54. The van der Waals surface area contributed by atoms with Crippen LogP contribution in [0.25, 0.3) is 0 Å². The summed E-state index contributed by atoms with van der Waals surface area (Å²) in [4.78, 5) is 35.1. The van der Waals surface area contributed by atoms with Gasteiger partial charge < -0.3 is 0 Å². The second kappa shape index (κ2) is 3.96. The van der Waals surface area contributed by atoms with E-state index in [4.69, 9.17) is 9.78 Å². The summed E-state index contributed by atoms with van der Waals surface area (Å²) in [6.45, 7) is 0. The minimum atomic E-state index is -0.483. The predicted molar refractivity (Wildman–Crippen MR) is 62.1 cm³/mol. The van der Waals surface area contributed by atoms with Gasteiger partial charge in [-0.25, -0.2) is 0 Å². The quantitative estimate of drug-likeness (QED) is 0.665. The van der Waals surface area contributed by atoms with Crippen LogP contribution in [0.15, 0.2) is 24.3 Å². The molecule has 1 saturated carbocycles. The highest BCUT2D eigenvalue weighted by Crippen LogP contribution is 2.43. The molecule has 0 spiro atoms. The van der Waals surface area contributed by atoms with E-state index in [1.165, 1.54) is 0 Å². The van der Waals surface area contributed by atoms with Gasteiger partial charge in [0.2, 0.25) is 0 Å². The first-order valence-electron chi connectivity index (χ1n) is 6.43. The third-order valence-corrected chi connectivity index (χ3v) is 4.33. The minimum absolute atomic E-state index is 0.0363. The molecule has 4 atom stereocenters. The fourth-order valence-electron chi connectivity index (χ4n) is 3.41. The molecule has 1 saturated heterocycles. The topological polar surface area (TPSA) is 61.8 Å². The molecule has 4 rings (SSSR count). The van der Waals surface area contributed by atoms with Crippen LogP contribution in [0.5, 0.6) is 0 Å². The largest absolute Gasteiger partial charge is 0.294 e. The summed E-state index contributed by atoms with van der Waals surface area (Å²) < 4.78 is 0. The molecule has 0 bridgehead atoms. The summed E-state index contributed by atoms with van der Waals surface area (Å²) in [5.41, 5.74) is 1.02. The van der Waals surface area contributed by atoms with Gasteiger partial charge in [0.15, 0.2) is 11.6 Å². The van der Waals surface area contributed by atoms with E-state index in [1.807, 2.05) is 0 Å². The van der Waals surface area contributed by atoms with Gasteiger partial charge in [-0.3, -0.25) is 9.59 Å². The molecule has 0 amide bonds. The molecule has 1 aliphatic heterocycles. The van der Waals surface area contributed by atoms with Crippen molar-refractivity contribution < 1.29 is 24.4 Å². The fourth-order valence-corrected chi connectivity index (χ4v) is 3.41. The van der Waals surface area contributed by atoms with E-state index >= 15 is 0 Å². The smallest absolute Gasteiger partial charge is 0.170 e. The number of carbonyl (C=O) groups excluding carboxylic acids is 2. The van der Waals surface area contributed by atoms with Crippen LogP contribution in [0.4, 0.5) is 0 Å². The van der Waals surface area contributed by atoms with Crippen molar-refractivity contribution in [3.63, 3.8) is 0 Å². The molecule has 2 fully saturated rings. The summed E-state index contributed by atoms with van der Waals surface area (Å²) in [6.07, 6.45) is 0.594. The van der Waals surface area contributed by atoms with E-state index in [9.17, 15) is 9.59 Å². The first kappa shape index (κ1) is 11.3. The molecule has 98 valence electrons. The average molecular weight is 260 g/mol. The van der Waals surface area contributed by atoms with E-state index in [2.05, 4.69) is 5.04 Å². The Labute approximate surface area is 109 Å². The highest BCUT2D eigenvalue weighted by molar-refractivity contribution is 6.16. The van der Waals surface area contributed by atoms with Crippen molar-refractivity contribution in [2.45, 2.75) is 25.0 Å². The Kier molecular flexibility index (Phi) is 2.35. The third-order valence-electron chi connectivity index (χ3n) is 4.33. The molecule has 1 aromatic carbocycles. The molecule has 2 aliphatic carbocycles. The summed E-state index contributed by atoms with van der Waals surface area (Å²) in [5.74, 6) is -0.796. The Morgan fingerprint density at radius 2 is 1.68 bits per heavy atom. The Hall–Kier alpha value is -1.56. The van der Waals surface area contributed by atoms with Crippen molar-refractivity contribution in [1.29, 1.82) is 0 Å². The zero-order valence-corrected chi connectivity index (χ0v) is 10.1. The molecule has 5 nitrogen and oxygen atoms in total. The number of fused-ring (bicyclic) bond motifs is 4. The lowest BCUT2D eigenvalue weighted by Crippen LogP contribution is -2.50. The molecule has 3 aliphatic rings. The second-order valence-electron chi connectivity index (χ2n) is 5.25. The molecular formula is C14H12O5. The van der Waals surface area contributed by atoms with Crippen LogP contribution in [-0.2, 0) is 14.8 Å². The lowest BCUT2D eigenvalue weighted by molar-refractivity contribution is -0.466. The molecule has 4 unspecified atom stereocenters. The maximum absolute atomic E-state index is 12.6. The van der Waals surface area contributed by atoms with E-state index in [0.717, 1.165) is 0 Å². The number of hydrogen-bond donors (Lipinski definition) is 0. The summed E-state index contributed by atoms with van der Waals surface area (Å²) >= 11 is 0. The molecule has 1 aromatic rings. The van der Waals surface area contributed by atoms with Gasteiger partial charge >= 0.3 is 0 Å². The number of benzene rings is 1. The number of Topliss-reactive ketones (excluding diaryl/α,β-unsaturated/α-hetero) is 2. The van der Waals surface area contributed by atoms with Gasteiger partial charge in [-0.2, -0.15) is 9.78 Å². The van der Waals surface area contributed by atoms with Crippen LogP contribution in [0.3, 0.4) is 0 Å². The Bertz CT molecular complexity index is 567. The molecular weight excluding hydrogens is 248 g/mol. The van der Waals surface area contributed by atoms with Crippen LogP contribution in [0.1, 0.15) is 33.6 Å². The van der Waals surface area contributed by atoms with E-state index in [1.54, 1.807) is 24.3 Å². The van der Waals surface area contributed by atoms with Gasteiger partial charge in [0, 0.05) is 17.0 Å². The Balaban J connectivity index is 1.83. The van der Waals surface area contributed by atoms with Gasteiger partial charge in [0.05, 0.1) is 5.92 Å². The van der Waals surface area contributed by atoms with Crippen LogP contribution >= 0.6 is 0 Å². The molecule has 0 radical (unpaired) electrons. The average Bonchev–Trinajstić information content (AvgIpc) is 2.92. The predicted octanol–water partition coefficient (Wildman–Crippen LogP) is 1.72. The summed E-state index contributed by atoms with van der Waals surface area (Å²) in [7, 11) is 0. The maximum Gasteiger partial charge on any atom is 0.170 e. The first-order chi connectivity index (χ1) is 9.27. The van der Waals surface area contributed by atoms with Crippen molar-refractivity contribution in [3.05, 3.63) is 35.4 Å². The van der Waals surface area contributed by atoms with Crippen LogP contribution < -0.4 is 0 Å². The Morgan fingerprint density at radius 3 is 2.47 bits per heavy atom. The third kappa shape index (κ3) is 1.46. The summed E-state index contributed by atoms with van der Waals surface area (Å²) in [6, 6.07) is 6.98. The lowest BCUT2D eigenvalue weighted by Gasteiger charge is -2.37. The van der Waals surface area contributed by atoms with Crippen LogP contribution in [-0.4, -0.2) is 23.8 Å². The second-order valence-corrected chi connectivity index (χ2v) is 5.25. The van der Waals surface area contributed by atoms with Gasteiger partial charge in [-0.1, -0.05) is 29.3 Å². The van der Waals surface area contributed by atoms with Crippen molar-refractivity contribution in [3.8, 4) is 0 Å². The molecule has 1 heterocycles. The number of carbonyl (C=O) groups is 2. The zero-order chi connectivity index (χ0) is 13.0. The van der Waals surface area contributed by atoms with Gasteiger partial charge in [0.25, 0.3) is 0 Å². The zero-order valence-electron chi connectivity index (χ0n) is 10.1. The van der Waals surface area contributed by atoms with Crippen molar-refractivity contribution in [2.24, 2.45) is 11.8 Å². The van der Waals surface area contributed by atoms with Crippen LogP contribution in [0, 0.1) is 11.8 Å². The molecule has 0 N–H and O–H groups in total. The van der Waals surface area contributed by atoms with E-state index in [-0.39, 0.29) is 23.6 Å². The normalized spacial score (nSPS) is 36.6. The minimum Gasteiger partial charge on any atom is -0.294 e. The van der Waals surface area contributed by atoms with Gasteiger partial charge in [0.1, 0.15) is 12.2 Å². The standard InChI is InChI=1S/C14H12O5/c15-12-7-3-1-2-4-8(7)13(16)11-9(12)5-6-10-14(11)18-19-17-10/h1-4,9-11,14H,5-6H2.